The number of carbonyl (C=O) groups is 1. The molecule has 4 N–H and O–H groups in total. The van der Waals surface area contributed by atoms with Gasteiger partial charge in [0.05, 0.1) is 7.11 Å². The Kier molecular flexibility index (Phi) is 2.87. The topological polar surface area (TPSA) is 78.3 Å². The van der Waals surface area contributed by atoms with Crippen molar-refractivity contribution in [1.29, 1.82) is 0 Å². The lowest BCUT2D eigenvalue weighted by atomic mass is 10.1. The highest BCUT2D eigenvalue weighted by molar-refractivity contribution is 5.81. The van der Waals surface area contributed by atoms with Crippen LogP contribution in [0.2, 0.25) is 0 Å². The number of carbonyl (C=O) groups excluding carboxylic acids is 1. The van der Waals surface area contributed by atoms with E-state index >= 15 is 0 Å². The average Bonchev–Trinajstić information content (AvgIpc) is 2.17. The second-order valence-electron chi connectivity index (χ2n) is 2.65. The van der Waals surface area contributed by atoms with Gasteiger partial charge in [-0.25, -0.2) is 0 Å². The van der Waals surface area contributed by atoms with Crippen molar-refractivity contribution in [2.75, 3.05) is 7.11 Å². The molecule has 1 aromatic carbocycles. The first-order chi connectivity index (χ1) is 6.15. The number of hydrogen-bond acceptors (Lipinski definition) is 3. The maximum atomic E-state index is 10.7. The Labute approximate surface area is 76.5 Å². The predicted octanol–water partition coefficient (Wildman–Crippen LogP) is 0.180. The lowest BCUT2D eigenvalue weighted by Gasteiger charge is -2.07. The molecule has 0 fully saturated rings. The third kappa shape index (κ3) is 2.19. The fraction of sp³-hybridized carbons (Fsp3) is 0.222. The Morgan fingerprint density at radius 2 is 1.92 bits per heavy atom. The second-order valence-corrected chi connectivity index (χ2v) is 2.65. The van der Waals surface area contributed by atoms with Gasteiger partial charge in [-0.1, -0.05) is 12.1 Å². The summed E-state index contributed by atoms with van der Waals surface area (Å²) in [7, 11) is 1.57. The molecule has 70 valence electrons. The van der Waals surface area contributed by atoms with Gasteiger partial charge >= 0.3 is 0 Å². The minimum absolute atomic E-state index is 0.537. The molecule has 4 heteroatoms. The summed E-state index contributed by atoms with van der Waals surface area (Å²) >= 11 is 0. The van der Waals surface area contributed by atoms with E-state index in [1.54, 1.807) is 31.4 Å². The molecule has 1 atom stereocenters. The van der Waals surface area contributed by atoms with Gasteiger partial charge in [-0.3, -0.25) is 4.79 Å². The van der Waals surface area contributed by atoms with Crippen LogP contribution in [0.4, 0.5) is 0 Å². The number of nitrogens with two attached hydrogens (primary N) is 2. The van der Waals surface area contributed by atoms with E-state index in [4.69, 9.17) is 16.2 Å². The van der Waals surface area contributed by atoms with Gasteiger partial charge < -0.3 is 16.2 Å². The van der Waals surface area contributed by atoms with E-state index in [0.717, 1.165) is 5.75 Å². The number of amides is 1. The Morgan fingerprint density at radius 1 is 1.38 bits per heavy atom. The molecule has 4 nitrogen and oxygen atoms in total. The van der Waals surface area contributed by atoms with Crippen molar-refractivity contribution in [3.63, 3.8) is 0 Å². The number of benzene rings is 1. The van der Waals surface area contributed by atoms with Crippen molar-refractivity contribution in [1.82, 2.24) is 0 Å². The summed E-state index contributed by atoms with van der Waals surface area (Å²) < 4.78 is 4.95. The molecule has 0 aromatic heterocycles. The first-order valence-electron chi connectivity index (χ1n) is 3.84. The van der Waals surface area contributed by atoms with Gasteiger partial charge in [0, 0.05) is 0 Å². The van der Waals surface area contributed by atoms with Crippen molar-refractivity contribution in [3.05, 3.63) is 29.8 Å². The molecule has 0 heterocycles. The quantitative estimate of drug-likeness (QED) is 0.696. The van der Waals surface area contributed by atoms with Crippen molar-refractivity contribution in [2.24, 2.45) is 11.5 Å². The zero-order chi connectivity index (χ0) is 9.84. The number of primary amides is 1. The lowest BCUT2D eigenvalue weighted by Crippen LogP contribution is -2.28. The highest BCUT2D eigenvalue weighted by Crippen LogP contribution is 2.15. The molecule has 0 aliphatic rings. The third-order valence-electron chi connectivity index (χ3n) is 1.78. The van der Waals surface area contributed by atoms with Gasteiger partial charge in [-0.2, -0.15) is 0 Å². The molecule has 0 bridgehead atoms. The van der Waals surface area contributed by atoms with Crippen molar-refractivity contribution < 1.29 is 9.53 Å². The SMILES string of the molecule is COc1ccc([C@H](N)C(N)=O)cc1. The highest BCUT2D eigenvalue weighted by atomic mass is 16.5. The fourth-order valence-corrected chi connectivity index (χ4v) is 0.976. The number of methoxy groups -OCH3 is 1. The van der Waals surface area contributed by atoms with Crippen molar-refractivity contribution >= 4 is 5.91 Å². The molecular weight excluding hydrogens is 168 g/mol. The molecule has 0 saturated carbocycles. The van der Waals surface area contributed by atoms with Gasteiger partial charge in [-0.15, -0.1) is 0 Å². The molecule has 0 aliphatic heterocycles. The minimum atomic E-state index is -0.745. The minimum Gasteiger partial charge on any atom is -0.497 e. The Hall–Kier alpha value is -1.55. The average molecular weight is 180 g/mol. The summed E-state index contributed by atoms with van der Waals surface area (Å²) in [6.07, 6.45) is 0. The molecular formula is C9H12N2O2. The molecule has 0 saturated heterocycles. The first kappa shape index (κ1) is 9.54. The van der Waals surface area contributed by atoms with E-state index in [0.29, 0.717) is 5.56 Å². The molecule has 0 aliphatic carbocycles. The van der Waals surface area contributed by atoms with Crippen LogP contribution in [0.3, 0.4) is 0 Å². The van der Waals surface area contributed by atoms with Crippen LogP contribution in [-0.2, 0) is 4.79 Å². The smallest absolute Gasteiger partial charge is 0.238 e. The van der Waals surface area contributed by atoms with Crippen molar-refractivity contribution in [2.45, 2.75) is 6.04 Å². The van der Waals surface area contributed by atoms with Gasteiger partial charge in [0.15, 0.2) is 0 Å². The van der Waals surface area contributed by atoms with E-state index in [-0.39, 0.29) is 0 Å². The number of rotatable bonds is 3. The summed E-state index contributed by atoms with van der Waals surface area (Å²) in [6.45, 7) is 0. The van der Waals surface area contributed by atoms with Crippen LogP contribution in [0.5, 0.6) is 5.75 Å². The molecule has 0 unspecified atom stereocenters. The van der Waals surface area contributed by atoms with Crippen LogP contribution in [0.15, 0.2) is 24.3 Å². The van der Waals surface area contributed by atoms with E-state index < -0.39 is 11.9 Å². The van der Waals surface area contributed by atoms with E-state index in [2.05, 4.69) is 0 Å². The predicted molar refractivity (Wildman–Crippen MR) is 49.1 cm³/mol. The van der Waals surface area contributed by atoms with E-state index in [9.17, 15) is 4.79 Å². The maximum Gasteiger partial charge on any atom is 0.238 e. The Bertz CT molecular complexity index is 295. The highest BCUT2D eigenvalue weighted by Gasteiger charge is 2.11. The lowest BCUT2D eigenvalue weighted by molar-refractivity contribution is -0.119. The summed E-state index contributed by atoms with van der Waals surface area (Å²) in [6, 6.07) is 6.16. The summed E-state index contributed by atoms with van der Waals surface area (Å²) in [4.78, 5) is 10.7. The Morgan fingerprint density at radius 3 is 2.31 bits per heavy atom. The summed E-state index contributed by atoms with van der Waals surface area (Å²) in [5, 5.41) is 0. The summed E-state index contributed by atoms with van der Waals surface area (Å²) in [5.74, 6) is 0.186. The molecule has 0 radical (unpaired) electrons. The van der Waals surface area contributed by atoms with Crippen LogP contribution >= 0.6 is 0 Å². The third-order valence-corrected chi connectivity index (χ3v) is 1.78. The zero-order valence-corrected chi connectivity index (χ0v) is 7.36. The van der Waals surface area contributed by atoms with Crippen LogP contribution in [0.25, 0.3) is 0 Å². The van der Waals surface area contributed by atoms with Gasteiger partial charge in [0.2, 0.25) is 5.91 Å². The van der Waals surface area contributed by atoms with Crippen LogP contribution in [0, 0.1) is 0 Å². The van der Waals surface area contributed by atoms with Gasteiger partial charge in [0.25, 0.3) is 0 Å². The van der Waals surface area contributed by atoms with E-state index in [1.807, 2.05) is 0 Å². The Balaban J connectivity index is 2.85. The first-order valence-corrected chi connectivity index (χ1v) is 3.84. The van der Waals surface area contributed by atoms with Gasteiger partial charge in [0.1, 0.15) is 11.8 Å². The van der Waals surface area contributed by atoms with E-state index in [1.165, 1.54) is 0 Å². The second kappa shape index (κ2) is 3.91. The number of ether oxygens (including phenoxy) is 1. The fourth-order valence-electron chi connectivity index (χ4n) is 0.976. The zero-order valence-electron chi connectivity index (χ0n) is 7.36. The molecule has 1 aromatic rings. The largest absolute Gasteiger partial charge is 0.497 e. The standard InChI is InChI=1S/C9H12N2O2/c1-13-7-4-2-6(3-5-7)8(10)9(11)12/h2-5,8H,10H2,1H3,(H2,11,12)/t8-/m0/s1. The normalized spacial score (nSPS) is 12.2. The molecule has 0 spiro atoms. The monoisotopic (exact) mass is 180 g/mol. The molecule has 13 heavy (non-hydrogen) atoms. The molecule has 1 amide bonds. The number of hydrogen-bond donors (Lipinski definition) is 2. The molecule has 1 rings (SSSR count). The van der Waals surface area contributed by atoms with Crippen molar-refractivity contribution in [3.8, 4) is 5.75 Å². The van der Waals surface area contributed by atoms with Crippen LogP contribution in [-0.4, -0.2) is 13.0 Å². The maximum absolute atomic E-state index is 10.7. The van der Waals surface area contributed by atoms with Gasteiger partial charge in [-0.05, 0) is 17.7 Å². The summed E-state index contributed by atoms with van der Waals surface area (Å²) in [5.41, 5.74) is 11.2. The van der Waals surface area contributed by atoms with Crippen LogP contribution < -0.4 is 16.2 Å². The van der Waals surface area contributed by atoms with Crippen LogP contribution in [0.1, 0.15) is 11.6 Å².